The molecule has 0 radical (unpaired) electrons. The summed E-state index contributed by atoms with van der Waals surface area (Å²) in [6.45, 7) is 3.78. The van der Waals surface area contributed by atoms with E-state index < -0.39 is 0 Å². The van der Waals surface area contributed by atoms with Gasteiger partial charge in [0.2, 0.25) is 0 Å². The van der Waals surface area contributed by atoms with E-state index >= 15 is 0 Å². The number of hydrogen-bond donors (Lipinski definition) is 1. The summed E-state index contributed by atoms with van der Waals surface area (Å²) in [5, 5.41) is 3.38. The van der Waals surface area contributed by atoms with Gasteiger partial charge in [-0.2, -0.15) is 0 Å². The van der Waals surface area contributed by atoms with Gasteiger partial charge in [0.1, 0.15) is 0 Å². The Morgan fingerprint density at radius 2 is 2.06 bits per heavy atom. The fourth-order valence-corrected chi connectivity index (χ4v) is 2.04. The maximum atomic E-state index is 4.44. The van der Waals surface area contributed by atoms with Gasteiger partial charge < -0.3 is 10.2 Å². The van der Waals surface area contributed by atoms with Crippen LogP contribution in [0.1, 0.15) is 5.69 Å². The average Bonchev–Trinajstić information content (AvgIpc) is 2.39. The van der Waals surface area contributed by atoms with Gasteiger partial charge in [0.15, 0.2) is 5.82 Å². The quantitative estimate of drug-likeness (QED) is 0.810. The first-order valence-corrected chi connectivity index (χ1v) is 5.74. The van der Waals surface area contributed by atoms with Crippen LogP contribution in [0.4, 0.5) is 17.2 Å². The molecule has 0 unspecified atom stereocenters. The second-order valence-corrected chi connectivity index (χ2v) is 4.11. The van der Waals surface area contributed by atoms with Gasteiger partial charge in [-0.25, -0.2) is 4.98 Å². The van der Waals surface area contributed by atoms with Crippen LogP contribution in [-0.4, -0.2) is 23.1 Å². The van der Waals surface area contributed by atoms with Gasteiger partial charge in [-0.05, 0) is 19.1 Å². The van der Waals surface area contributed by atoms with Crippen molar-refractivity contribution in [3.8, 4) is 0 Å². The molecule has 1 aromatic heterocycles. The molecular formula is C13H14N4. The second kappa shape index (κ2) is 4.05. The predicted molar refractivity (Wildman–Crippen MR) is 68.7 cm³/mol. The molecule has 2 aromatic rings. The number of nitrogens with one attached hydrogen (secondary N) is 1. The van der Waals surface area contributed by atoms with Gasteiger partial charge in [0.25, 0.3) is 0 Å². The highest BCUT2D eigenvalue weighted by molar-refractivity contribution is 5.76. The highest BCUT2D eigenvalue weighted by Crippen LogP contribution is 2.32. The normalized spacial score (nSPS) is 14.1. The lowest BCUT2D eigenvalue weighted by atomic mass is 10.2. The van der Waals surface area contributed by atoms with E-state index in [4.69, 9.17) is 0 Å². The van der Waals surface area contributed by atoms with Crippen LogP contribution in [0.5, 0.6) is 0 Å². The fourth-order valence-electron chi connectivity index (χ4n) is 2.04. The third-order valence-corrected chi connectivity index (χ3v) is 2.89. The molecule has 4 heteroatoms. The van der Waals surface area contributed by atoms with E-state index in [2.05, 4.69) is 32.3 Å². The number of hydrogen-bond acceptors (Lipinski definition) is 4. The molecule has 86 valence electrons. The molecule has 0 atom stereocenters. The maximum absolute atomic E-state index is 4.44. The summed E-state index contributed by atoms with van der Waals surface area (Å²) in [4.78, 5) is 10.9. The Kier molecular flexibility index (Phi) is 2.40. The minimum atomic E-state index is 0.907. The molecule has 0 saturated carbocycles. The average molecular weight is 226 g/mol. The van der Waals surface area contributed by atoms with Crippen molar-refractivity contribution in [2.45, 2.75) is 6.92 Å². The van der Waals surface area contributed by atoms with E-state index in [1.807, 2.05) is 25.3 Å². The molecule has 0 aliphatic carbocycles. The molecule has 0 saturated heterocycles. The summed E-state index contributed by atoms with van der Waals surface area (Å²) in [5.41, 5.74) is 3.26. The first-order chi connectivity index (χ1) is 8.34. The standard InChI is InChI=1S/C13H14N4/c1-10-8-16-13(9-15-10)17-7-6-14-11-4-2-3-5-12(11)17/h2-5,8-9,14H,6-7H2,1H3. The second-order valence-electron chi connectivity index (χ2n) is 4.11. The van der Waals surface area contributed by atoms with Crippen molar-refractivity contribution in [1.82, 2.24) is 9.97 Å². The minimum absolute atomic E-state index is 0.907. The number of para-hydroxylation sites is 2. The van der Waals surface area contributed by atoms with Crippen LogP contribution in [0.2, 0.25) is 0 Å². The highest BCUT2D eigenvalue weighted by atomic mass is 15.2. The Balaban J connectivity index is 2.03. The molecule has 1 aliphatic rings. The predicted octanol–water partition coefficient (Wildman–Crippen LogP) is 2.35. The molecule has 1 aromatic carbocycles. The number of nitrogens with zero attached hydrogens (tertiary/aromatic N) is 3. The number of fused-ring (bicyclic) bond motifs is 1. The molecule has 2 heterocycles. The molecule has 1 N–H and O–H groups in total. The van der Waals surface area contributed by atoms with Gasteiger partial charge >= 0.3 is 0 Å². The Hall–Kier alpha value is -2.10. The Labute approximate surface area is 100 Å². The van der Waals surface area contributed by atoms with Crippen LogP contribution < -0.4 is 10.2 Å². The molecule has 0 bridgehead atoms. The summed E-state index contributed by atoms with van der Waals surface area (Å²) in [6, 6.07) is 8.27. The summed E-state index contributed by atoms with van der Waals surface area (Å²) in [5.74, 6) is 0.907. The van der Waals surface area contributed by atoms with Crippen molar-refractivity contribution >= 4 is 17.2 Å². The van der Waals surface area contributed by atoms with Crippen LogP contribution in [0.15, 0.2) is 36.7 Å². The highest BCUT2D eigenvalue weighted by Gasteiger charge is 2.18. The van der Waals surface area contributed by atoms with Crippen molar-refractivity contribution in [2.75, 3.05) is 23.3 Å². The van der Waals surface area contributed by atoms with Crippen LogP contribution >= 0.6 is 0 Å². The number of aromatic nitrogens is 2. The topological polar surface area (TPSA) is 41.1 Å². The molecule has 0 spiro atoms. The summed E-state index contributed by atoms with van der Waals surface area (Å²) in [7, 11) is 0. The zero-order valence-electron chi connectivity index (χ0n) is 9.72. The van der Waals surface area contributed by atoms with E-state index in [0.717, 1.165) is 36.0 Å². The van der Waals surface area contributed by atoms with Crippen molar-refractivity contribution in [2.24, 2.45) is 0 Å². The van der Waals surface area contributed by atoms with Crippen LogP contribution in [0.3, 0.4) is 0 Å². The first kappa shape index (κ1) is 10.1. The number of rotatable bonds is 1. The summed E-state index contributed by atoms with van der Waals surface area (Å²) in [6.07, 6.45) is 3.64. The van der Waals surface area contributed by atoms with Gasteiger partial charge in [-0.15, -0.1) is 0 Å². The third kappa shape index (κ3) is 1.82. The van der Waals surface area contributed by atoms with E-state index in [1.54, 1.807) is 6.20 Å². The fraction of sp³-hybridized carbons (Fsp3) is 0.231. The molecule has 0 amide bonds. The third-order valence-electron chi connectivity index (χ3n) is 2.89. The lowest BCUT2D eigenvalue weighted by Gasteiger charge is -2.30. The number of aryl methyl sites for hydroxylation is 1. The van der Waals surface area contributed by atoms with Crippen molar-refractivity contribution in [1.29, 1.82) is 0 Å². The molecule has 1 aliphatic heterocycles. The Bertz CT molecular complexity index is 521. The molecule has 3 rings (SSSR count). The number of benzene rings is 1. The zero-order chi connectivity index (χ0) is 11.7. The molecular weight excluding hydrogens is 212 g/mol. The molecule has 4 nitrogen and oxygen atoms in total. The molecule has 0 fully saturated rings. The lowest BCUT2D eigenvalue weighted by molar-refractivity contribution is 0.898. The molecule has 17 heavy (non-hydrogen) atoms. The van der Waals surface area contributed by atoms with Crippen LogP contribution in [0, 0.1) is 6.92 Å². The smallest absolute Gasteiger partial charge is 0.151 e. The lowest BCUT2D eigenvalue weighted by Crippen LogP contribution is -2.30. The van der Waals surface area contributed by atoms with Gasteiger partial charge in [0.05, 0.1) is 29.5 Å². The van der Waals surface area contributed by atoms with Crippen LogP contribution in [0.25, 0.3) is 0 Å². The Morgan fingerprint density at radius 3 is 2.88 bits per heavy atom. The zero-order valence-corrected chi connectivity index (χ0v) is 9.72. The van der Waals surface area contributed by atoms with Gasteiger partial charge in [-0.3, -0.25) is 4.98 Å². The van der Waals surface area contributed by atoms with Gasteiger partial charge in [0, 0.05) is 13.1 Å². The monoisotopic (exact) mass is 226 g/mol. The SMILES string of the molecule is Cc1cnc(N2CCNc3ccccc32)cn1. The minimum Gasteiger partial charge on any atom is -0.382 e. The van der Waals surface area contributed by atoms with E-state index in [0.29, 0.717) is 0 Å². The largest absolute Gasteiger partial charge is 0.382 e. The Morgan fingerprint density at radius 1 is 1.18 bits per heavy atom. The van der Waals surface area contributed by atoms with Gasteiger partial charge in [-0.1, -0.05) is 12.1 Å². The summed E-state index contributed by atoms with van der Waals surface area (Å²) < 4.78 is 0. The first-order valence-electron chi connectivity index (χ1n) is 5.74. The maximum Gasteiger partial charge on any atom is 0.151 e. The van der Waals surface area contributed by atoms with Crippen LogP contribution in [-0.2, 0) is 0 Å². The van der Waals surface area contributed by atoms with Crippen molar-refractivity contribution in [3.63, 3.8) is 0 Å². The number of anilines is 3. The van der Waals surface area contributed by atoms with Crippen molar-refractivity contribution in [3.05, 3.63) is 42.4 Å². The van der Waals surface area contributed by atoms with E-state index in [9.17, 15) is 0 Å². The van der Waals surface area contributed by atoms with Crippen molar-refractivity contribution < 1.29 is 0 Å². The van der Waals surface area contributed by atoms with E-state index in [-0.39, 0.29) is 0 Å². The summed E-state index contributed by atoms with van der Waals surface area (Å²) >= 11 is 0. The van der Waals surface area contributed by atoms with E-state index in [1.165, 1.54) is 0 Å².